The SMILES string of the molecule is CCOCCN(C)C(=O)N(CC(=O)O)c1ccc(O)cc1. The maximum Gasteiger partial charge on any atom is 0.324 e. The first-order valence-corrected chi connectivity index (χ1v) is 6.57. The van der Waals surface area contributed by atoms with E-state index in [4.69, 9.17) is 9.84 Å². The average Bonchev–Trinajstić information content (AvgIpc) is 2.45. The van der Waals surface area contributed by atoms with Gasteiger partial charge in [0.1, 0.15) is 12.3 Å². The van der Waals surface area contributed by atoms with Crippen LogP contribution in [0.2, 0.25) is 0 Å². The van der Waals surface area contributed by atoms with Crippen molar-refractivity contribution in [1.82, 2.24) is 4.90 Å². The van der Waals surface area contributed by atoms with Gasteiger partial charge < -0.3 is 19.8 Å². The van der Waals surface area contributed by atoms with Gasteiger partial charge in [0.25, 0.3) is 0 Å². The first kappa shape index (κ1) is 16.8. The van der Waals surface area contributed by atoms with Gasteiger partial charge in [0.05, 0.1) is 6.61 Å². The van der Waals surface area contributed by atoms with Crippen LogP contribution in [-0.2, 0) is 9.53 Å². The fourth-order valence-electron chi connectivity index (χ4n) is 1.68. The zero-order chi connectivity index (χ0) is 15.8. The lowest BCUT2D eigenvalue weighted by molar-refractivity contribution is -0.135. The summed E-state index contributed by atoms with van der Waals surface area (Å²) in [6.07, 6.45) is 0. The molecular formula is C14H20N2O5. The van der Waals surface area contributed by atoms with Gasteiger partial charge in [-0.15, -0.1) is 0 Å². The maximum atomic E-state index is 12.3. The normalized spacial score (nSPS) is 10.2. The van der Waals surface area contributed by atoms with Crippen LogP contribution in [0.25, 0.3) is 0 Å². The lowest BCUT2D eigenvalue weighted by atomic mass is 10.2. The average molecular weight is 296 g/mol. The van der Waals surface area contributed by atoms with Crippen molar-refractivity contribution in [2.24, 2.45) is 0 Å². The van der Waals surface area contributed by atoms with Crippen LogP contribution < -0.4 is 4.90 Å². The van der Waals surface area contributed by atoms with Crippen LogP contribution >= 0.6 is 0 Å². The molecule has 0 aliphatic heterocycles. The molecule has 2 amide bonds. The number of anilines is 1. The highest BCUT2D eigenvalue weighted by Gasteiger charge is 2.22. The Morgan fingerprint density at radius 1 is 1.24 bits per heavy atom. The Labute approximate surface area is 123 Å². The number of amides is 2. The fourth-order valence-corrected chi connectivity index (χ4v) is 1.68. The summed E-state index contributed by atoms with van der Waals surface area (Å²) in [5.74, 6) is -1.07. The van der Waals surface area contributed by atoms with Crippen LogP contribution in [0.15, 0.2) is 24.3 Å². The van der Waals surface area contributed by atoms with Crippen molar-refractivity contribution < 1.29 is 24.5 Å². The van der Waals surface area contributed by atoms with Gasteiger partial charge in [-0.1, -0.05) is 0 Å². The molecule has 7 heteroatoms. The zero-order valence-electron chi connectivity index (χ0n) is 12.2. The lowest BCUT2D eigenvalue weighted by Crippen LogP contribution is -2.45. The van der Waals surface area contributed by atoms with Crippen molar-refractivity contribution in [3.05, 3.63) is 24.3 Å². The second-order valence-electron chi connectivity index (χ2n) is 4.40. The number of hydrogen-bond acceptors (Lipinski definition) is 4. The summed E-state index contributed by atoms with van der Waals surface area (Å²) < 4.78 is 5.17. The van der Waals surface area contributed by atoms with E-state index in [9.17, 15) is 14.7 Å². The molecule has 0 atom stereocenters. The third kappa shape index (κ3) is 5.31. The predicted molar refractivity (Wildman–Crippen MR) is 77.6 cm³/mol. The number of hydrogen-bond donors (Lipinski definition) is 2. The van der Waals surface area contributed by atoms with E-state index >= 15 is 0 Å². The number of aliphatic carboxylic acids is 1. The van der Waals surface area contributed by atoms with Crippen molar-refractivity contribution >= 4 is 17.7 Å². The first-order chi connectivity index (χ1) is 9.95. The summed E-state index contributed by atoms with van der Waals surface area (Å²) >= 11 is 0. The molecule has 0 radical (unpaired) electrons. The molecular weight excluding hydrogens is 276 g/mol. The molecule has 0 aromatic heterocycles. The monoisotopic (exact) mass is 296 g/mol. The van der Waals surface area contributed by atoms with Crippen molar-refractivity contribution in [3.63, 3.8) is 0 Å². The summed E-state index contributed by atoms with van der Waals surface area (Å²) in [4.78, 5) is 25.8. The van der Waals surface area contributed by atoms with Crippen molar-refractivity contribution in [3.8, 4) is 5.75 Å². The zero-order valence-corrected chi connectivity index (χ0v) is 12.2. The molecule has 0 spiro atoms. The number of carbonyl (C=O) groups excluding carboxylic acids is 1. The summed E-state index contributed by atoms with van der Waals surface area (Å²) in [7, 11) is 1.58. The van der Waals surface area contributed by atoms with Gasteiger partial charge in [0.2, 0.25) is 0 Å². The van der Waals surface area contributed by atoms with Crippen molar-refractivity contribution in [2.45, 2.75) is 6.92 Å². The predicted octanol–water partition coefficient (Wildman–Crippen LogP) is 1.37. The summed E-state index contributed by atoms with van der Waals surface area (Å²) in [5, 5.41) is 18.2. The minimum absolute atomic E-state index is 0.0474. The lowest BCUT2D eigenvalue weighted by Gasteiger charge is -2.27. The van der Waals surface area contributed by atoms with Crippen LogP contribution in [0.4, 0.5) is 10.5 Å². The number of likely N-dealkylation sites (N-methyl/N-ethyl adjacent to an activating group) is 1. The molecule has 0 aliphatic rings. The van der Waals surface area contributed by atoms with Gasteiger partial charge >= 0.3 is 12.0 Å². The second-order valence-corrected chi connectivity index (χ2v) is 4.40. The van der Waals surface area contributed by atoms with Crippen LogP contribution in [0.5, 0.6) is 5.75 Å². The van der Waals surface area contributed by atoms with Gasteiger partial charge in [-0.05, 0) is 31.2 Å². The molecule has 7 nitrogen and oxygen atoms in total. The quantitative estimate of drug-likeness (QED) is 0.742. The molecule has 1 aromatic rings. The molecule has 0 fully saturated rings. The Hall–Kier alpha value is -2.28. The number of carboxylic acid groups (broad SMARTS) is 1. The number of rotatable bonds is 7. The van der Waals surface area contributed by atoms with Crippen LogP contribution in [0.3, 0.4) is 0 Å². The van der Waals surface area contributed by atoms with Crippen LogP contribution in [0.1, 0.15) is 6.92 Å². The molecule has 0 saturated heterocycles. The number of benzene rings is 1. The van der Waals surface area contributed by atoms with Gasteiger partial charge in [-0.25, -0.2) is 4.79 Å². The molecule has 2 N–H and O–H groups in total. The van der Waals surface area contributed by atoms with E-state index in [2.05, 4.69) is 0 Å². The van der Waals surface area contributed by atoms with Crippen molar-refractivity contribution in [1.29, 1.82) is 0 Å². The number of urea groups is 1. The number of aromatic hydroxyl groups is 1. The van der Waals surface area contributed by atoms with E-state index in [1.165, 1.54) is 29.2 Å². The summed E-state index contributed by atoms with van der Waals surface area (Å²) in [5.41, 5.74) is 0.406. The number of carboxylic acids is 1. The minimum Gasteiger partial charge on any atom is -0.508 e. The summed E-state index contributed by atoms with van der Waals surface area (Å²) in [6, 6.07) is 5.34. The standard InChI is InChI=1S/C14H20N2O5/c1-3-21-9-8-15(2)14(20)16(10-13(18)19)11-4-6-12(17)7-5-11/h4-7,17H,3,8-10H2,1-2H3,(H,18,19). The van der Waals surface area contributed by atoms with Gasteiger partial charge in [0.15, 0.2) is 0 Å². The topological polar surface area (TPSA) is 90.3 Å². The molecule has 1 rings (SSSR count). The molecule has 116 valence electrons. The molecule has 0 aliphatic carbocycles. The molecule has 0 saturated carbocycles. The molecule has 0 bridgehead atoms. The Morgan fingerprint density at radius 3 is 2.38 bits per heavy atom. The first-order valence-electron chi connectivity index (χ1n) is 6.57. The molecule has 0 unspecified atom stereocenters. The highest BCUT2D eigenvalue weighted by Crippen LogP contribution is 2.19. The van der Waals surface area contributed by atoms with E-state index in [0.717, 1.165) is 4.90 Å². The Bertz CT molecular complexity index is 475. The van der Waals surface area contributed by atoms with E-state index in [1.54, 1.807) is 7.05 Å². The third-order valence-corrected chi connectivity index (χ3v) is 2.79. The minimum atomic E-state index is -1.12. The number of ether oxygens (including phenoxy) is 1. The molecule has 21 heavy (non-hydrogen) atoms. The largest absolute Gasteiger partial charge is 0.508 e. The van der Waals surface area contributed by atoms with E-state index < -0.39 is 18.5 Å². The maximum absolute atomic E-state index is 12.3. The smallest absolute Gasteiger partial charge is 0.324 e. The number of phenols is 1. The number of nitrogens with zero attached hydrogens (tertiary/aromatic N) is 2. The van der Waals surface area contributed by atoms with E-state index in [1.807, 2.05) is 6.92 Å². The van der Waals surface area contributed by atoms with Crippen molar-refractivity contribution in [2.75, 3.05) is 38.3 Å². The fraction of sp³-hybridized carbons (Fsp3) is 0.429. The molecule has 1 aromatic carbocycles. The second kappa shape index (κ2) is 8.11. The van der Waals surface area contributed by atoms with E-state index in [0.29, 0.717) is 25.4 Å². The molecule has 0 heterocycles. The number of phenolic OH excluding ortho intramolecular Hbond substituents is 1. The summed E-state index contributed by atoms with van der Waals surface area (Å²) in [6.45, 7) is 2.70. The Kier molecular flexibility index (Phi) is 6.48. The Morgan fingerprint density at radius 2 is 1.86 bits per heavy atom. The van der Waals surface area contributed by atoms with Gasteiger partial charge in [0, 0.05) is 25.9 Å². The highest BCUT2D eigenvalue weighted by atomic mass is 16.5. The van der Waals surface area contributed by atoms with Crippen LogP contribution in [-0.4, -0.2) is 60.5 Å². The van der Waals surface area contributed by atoms with Gasteiger partial charge in [-0.2, -0.15) is 0 Å². The third-order valence-electron chi connectivity index (χ3n) is 2.79. The number of carbonyl (C=O) groups is 2. The van der Waals surface area contributed by atoms with E-state index in [-0.39, 0.29) is 5.75 Å². The highest BCUT2D eigenvalue weighted by molar-refractivity contribution is 5.96. The van der Waals surface area contributed by atoms with Crippen LogP contribution in [0, 0.1) is 0 Å². The Balaban J connectivity index is 2.83. The van der Waals surface area contributed by atoms with Gasteiger partial charge in [-0.3, -0.25) is 9.69 Å².